The summed E-state index contributed by atoms with van der Waals surface area (Å²) in [7, 11) is 0. The summed E-state index contributed by atoms with van der Waals surface area (Å²) in [5, 5.41) is 15.9. The third-order valence-electron chi connectivity index (χ3n) is 5.23. The van der Waals surface area contributed by atoms with Gasteiger partial charge in [-0.1, -0.05) is 77.4 Å². The van der Waals surface area contributed by atoms with Crippen LogP contribution in [0.1, 0.15) is 17.2 Å². The standard InChI is InChI=1S/C24H19ClN6O/c25-19-13-11-18(12-14-19)22-15-21(17-7-3-1-4-8-17)30(24-27-28-29-31(22)24)16-23(32)26-20-9-5-2-6-10-20/h1-15,22H,16H2,(H,26,32). The molecule has 0 radical (unpaired) electrons. The van der Waals surface area contributed by atoms with Crippen molar-refractivity contribution in [1.82, 2.24) is 20.2 Å². The number of benzene rings is 3. The van der Waals surface area contributed by atoms with Gasteiger partial charge in [0.1, 0.15) is 12.6 Å². The van der Waals surface area contributed by atoms with Crippen molar-refractivity contribution in [2.24, 2.45) is 0 Å². The number of amides is 1. The maximum atomic E-state index is 12.9. The van der Waals surface area contributed by atoms with Gasteiger partial charge in [-0.15, -0.1) is 0 Å². The summed E-state index contributed by atoms with van der Waals surface area (Å²) in [4.78, 5) is 14.7. The summed E-state index contributed by atoms with van der Waals surface area (Å²) in [6, 6.07) is 26.6. The Bertz CT molecular complexity index is 1250. The highest BCUT2D eigenvalue weighted by molar-refractivity contribution is 6.30. The van der Waals surface area contributed by atoms with Gasteiger partial charge in [0.25, 0.3) is 5.95 Å². The van der Waals surface area contributed by atoms with Crippen molar-refractivity contribution in [2.45, 2.75) is 6.04 Å². The summed E-state index contributed by atoms with van der Waals surface area (Å²) in [6.07, 6.45) is 2.07. The summed E-state index contributed by atoms with van der Waals surface area (Å²) in [5.41, 5.74) is 3.55. The van der Waals surface area contributed by atoms with Gasteiger partial charge in [-0.05, 0) is 51.9 Å². The number of aromatic nitrogens is 4. The number of carbonyl (C=O) groups excluding carboxylic acids is 1. The van der Waals surface area contributed by atoms with Gasteiger partial charge in [-0.3, -0.25) is 9.69 Å². The molecule has 0 spiro atoms. The van der Waals surface area contributed by atoms with Crippen LogP contribution in [0.5, 0.6) is 0 Å². The van der Waals surface area contributed by atoms with Gasteiger partial charge in [0.15, 0.2) is 0 Å². The van der Waals surface area contributed by atoms with Crippen LogP contribution in [0.25, 0.3) is 5.70 Å². The molecule has 7 nitrogen and oxygen atoms in total. The number of carbonyl (C=O) groups is 1. The van der Waals surface area contributed by atoms with Crippen LogP contribution in [0.4, 0.5) is 11.6 Å². The van der Waals surface area contributed by atoms with Crippen molar-refractivity contribution in [3.05, 3.63) is 107 Å². The number of para-hydroxylation sites is 1. The molecular weight excluding hydrogens is 424 g/mol. The minimum absolute atomic E-state index is 0.0589. The first-order valence-corrected chi connectivity index (χ1v) is 10.5. The Hall–Kier alpha value is -3.97. The molecule has 1 aliphatic rings. The van der Waals surface area contributed by atoms with E-state index in [9.17, 15) is 4.79 Å². The second kappa shape index (κ2) is 8.64. The summed E-state index contributed by atoms with van der Waals surface area (Å²) < 4.78 is 1.71. The zero-order chi connectivity index (χ0) is 21.9. The predicted molar refractivity (Wildman–Crippen MR) is 124 cm³/mol. The molecule has 158 valence electrons. The average molecular weight is 443 g/mol. The van der Waals surface area contributed by atoms with Crippen molar-refractivity contribution >= 4 is 34.8 Å². The summed E-state index contributed by atoms with van der Waals surface area (Å²) >= 11 is 6.09. The lowest BCUT2D eigenvalue weighted by Gasteiger charge is -2.32. The second-order valence-corrected chi connectivity index (χ2v) is 7.77. The van der Waals surface area contributed by atoms with E-state index in [1.165, 1.54) is 0 Å². The largest absolute Gasteiger partial charge is 0.325 e. The van der Waals surface area contributed by atoms with Crippen LogP contribution in [0.2, 0.25) is 5.02 Å². The molecule has 1 N–H and O–H groups in total. The quantitative estimate of drug-likeness (QED) is 0.495. The third kappa shape index (κ3) is 3.98. The fourth-order valence-corrected chi connectivity index (χ4v) is 3.87. The molecule has 1 atom stereocenters. The van der Waals surface area contributed by atoms with Crippen molar-refractivity contribution in [1.29, 1.82) is 0 Å². The van der Waals surface area contributed by atoms with Gasteiger partial charge < -0.3 is 5.32 Å². The molecule has 32 heavy (non-hydrogen) atoms. The van der Waals surface area contributed by atoms with E-state index < -0.39 is 0 Å². The fourth-order valence-electron chi connectivity index (χ4n) is 3.74. The van der Waals surface area contributed by atoms with Crippen LogP contribution >= 0.6 is 11.6 Å². The van der Waals surface area contributed by atoms with E-state index in [1.54, 1.807) is 4.68 Å². The van der Waals surface area contributed by atoms with E-state index in [-0.39, 0.29) is 18.5 Å². The molecular formula is C24H19ClN6O. The number of nitrogens with zero attached hydrogens (tertiary/aromatic N) is 5. The Kier molecular flexibility index (Phi) is 5.39. The highest BCUT2D eigenvalue weighted by atomic mass is 35.5. The second-order valence-electron chi connectivity index (χ2n) is 7.34. The van der Waals surface area contributed by atoms with E-state index in [0.717, 1.165) is 22.5 Å². The third-order valence-corrected chi connectivity index (χ3v) is 5.48. The van der Waals surface area contributed by atoms with Gasteiger partial charge in [-0.25, -0.2) is 0 Å². The Morgan fingerprint density at radius 1 is 0.938 bits per heavy atom. The van der Waals surface area contributed by atoms with E-state index in [2.05, 4.69) is 26.9 Å². The van der Waals surface area contributed by atoms with Gasteiger partial charge in [0.05, 0.1) is 5.70 Å². The zero-order valence-electron chi connectivity index (χ0n) is 17.0. The molecule has 0 bridgehead atoms. The van der Waals surface area contributed by atoms with Crippen molar-refractivity contribution < 1.29 is 4.79 Å². The normalized spacial score (nSPS) is 15.1. The SMILES string of the molecule is O=C(CN1C(c2ccccc2)=CC(c2ccc(Cl)cc2)n2nnnc21)Nc1ccccc1. The lowest BCUT2D eigenvalue weighted by Crippen LogP contribution is -2.37. The molecule has 0 saturated carbocycles. The molecule has 0 aliphatic carbocycles. The molecule has 2 heterocycles. The van der Waals surface area contributed by atoms with E-state index >= 15 is 0 Å². The van der Waals surface area contributed by atoms with Crippen molar-refractivity contribution in [2.75, 3.05) is 16.8 Å². The lowest BCUT2D eigenvalue weighted by molar-refractivity contribution is -0.114. The Labute approximate surface area is 189 Å². The van der Waals surface area contributed by atoms with Crippen molar-refractivity contribution in [3.8, 4) is 0 Å². The number of tetrazole rings is 1. The minimum Gasteiger partial charge on any atom is -0.325 e. The number of hydrogen-bond donors (Lipinski definition) is 1. The first-order valence-electron chi connectivity index (χ1n) is 10.1. The van der Waals surface area contributed by atoms with Crippen LogP contribution in [0.15, 0.2) is 91.0 Å². The Morgan fingerprint density at radius 2 is 1.62 bits per heavy atom. The summed E-state index contributed by atoms with van der Waals surface area (Å²) in [6.45, 7) is 0.0589. The first-order chi connectivity index (χ1) is 15.7. The van der Waals surface area contributed by atoms with Crippen molar-refractivity contribution in [3.63, 3.8) is 0 Å². The monoisotopic (exact) mass is 442 g/mol. The molecule has 3 aromatic carbocycles. The molecule has 0 saturated heterocycles. The lowest BCUT2D eigenvalue weighted by atomic mass is 10.0. The first kappa shape index (κ1) is 20.0. The van der Waals surface area contributed by atoms with Crippen LogP contribution in [0.3, 0.4) is 0 Å². The smallest absolute Gasteiger partial charge is 0.251 e. The molecule has 1 unspecified atom stereocenters. The number of fused-ring (bicyclic) bond motifs is 1. The molecule has 1 aliphatic heterocycles. The number of anilines is 2. The van der Waals surface area contributed by atoms with Gasteiger partial charge in [-0.2, -0.15) is 4.68 Å². The summed E-state index contributed by atoms with van der Waals surface area (Å²) in [5.74, 6) is 0.326. The molecule has 8 heteroatoms. The number of nitrogens with one attached hydrogen (secondary N) is 1. The highest BCUT2D eigenvalue weighted by Crippen LogP contribution is 2.36. The number of allylic oxidation sites excluding steroid dienone is 1. The van der Waals surface area contributed by atoms with Crippen LogP contribution in [-0.2, 0) is 4.79 Å². The molecule has 5 rings (SSSR count). The highest BCUT2D eigenvalue weighted by Gasteiger charge is 2.31. The van der Waals surface area contributed by atoms with E-state index in [1.807, 2.05) is 89.8 Å². The number of rotatable bonds is 5. The fraction of sp³-hybridized carbons (Fsp3) is 0.0833. The predicted octanol–water partition coefficient (Wildman–Crippen LogP) is 4.42. The molecule has 1 amide bonds. The topological polar surface area (TPSA) is 75.9 Å². The van der Waals surface area contributed by atoms with Gasteiger partial charge in [0, 0.05) is 10.7 Å². The van der Waals surface area contributed by atoms with Gasteiger partial charge >= 0.3 is 0 Å². The van der Waals surface area contributed by atoms with E-state index in [0.29, 0.717) is 11.0 Å². The number of hydrogen-bond acceptors (Lipinski definition) is 5. The van der Waals surface area contributed by atoms with Crippen LogP contribution < -0.4 is 10.2 Å². The molecule has 4 aromatic rings. The molecule has 1 aromatic heterocycles. The van der Waals surface area contributed by atoms with Crippen LogP contribution in [-0.4, -0.2) is 32.7 Å². The Morgan fingerprint density at radius 3 is 2.34 bits per heavy atom. The maximum absolute atomic E-state index is 12.9. The number of halogens is 1. The Balaban J connectivity index is 1.54. The molecule has 0 fully saturated rings. The van der Waals surface area contributed by atoms with E-state index in [4.69, 9.17) is 11.6 Å². The minimum atomic E-state index is -0.235. The van der Waals surface area contributed by atoms with Crippen LogP contribution in [0, 0.1) is 0 Å². The zero-order valence-corrected chi connectivity index (χ0v) is 17.7. The van der Waals surface area contributed by atoms with Gasteiger partial charge in [0.2, 0.25) is 5.91 Å². The maximum Gasteiger partial charge on any atom is 0.251 e. The average Bonchev–Trinajstić information content (AvgIpc) is 3.31.